The molecule has 0 fully saturated rings. The van der Waals surface area contributed by atoms with E-state index in [1.54, 1.807) is 56.4 Å². The molecule has 8 nitrogen and oxygen atoms in total. The number of rotatable bonds is 6. The highest BCUT2D eigenvalue weighted by atomic mass is 16.5. The molecule has 0 radical (unpaired) electrons. The molecule has 4 aromatic rings. The van der Waals surface area contributed by atoms with Gasteiger partial charge in [0.15, 0.2) is 0 Å². The number of fused-ring (bicyclic) bond motifs is 2. The summed E-state index contributed by atoms with van der Waals surface area (Å²) in [7, 11) is 0. The third-order valence-electron chi connectivity index (χ3n) is 5.15. The Morgan fingerprint density at radius 2 is 1.61 bits per heavy atom. The predicted octanol–water partition coefficient (Wildman–Crippen LogP) is 3.94. The van der Waals surface area contributed by atoms with E-state index < -0.39 is 23.3 Å². The van der Waals surface area contributed by atoms with Gasteiger partial charge in [-0.15, -0.1) is 0 Å². The standard InChI is InChI=1S/C25H21NO7/c1-4-31-24(29)19-17-12-14(3)10-11-26(17)21(20(19)25(30)32-5-2)22(27)16-13-15-8-6-7-9-18(15)33-23(16)28/h6-13H,4-5H2,1-3H3. The maximum Gasteiger partial charge on any atom is 0.347 e. The lowest BCUT2D eigenvalue weighted by molar-refractivity contribution is 0.0480. The Morgan fingerprint density at radius 1 is 0.939 bits per heavy atom. The third kappa shape index (κ3) is 3.80. The molecule has 168 valence electrons. The number of ether oxygens (including phenoxy) is 2. The molecular weight excluding hydrogens is 426 g/mol. The van der Waals surface area contributed by atoms with Crippen molar-refractivity contribution < 1.29 is 28.3 Å². The summed E-state index contributed by atoms with van der Waals surface area (Å²) in [4.78, 5) is 52.2. The van der Waals surface area contributed by atoms with E-state index in [4.69, 9.17) is 13.9 Å². The molecular formula is C25H21NO7. The van der Waals surface area contributed by atoms with Gasteiger partial charge in [-0.05, 0) is 50.6 Å². The highest BCUT2D eigenvalue weighted by Gasteiger charge is 2.34. The van der Waals surface area contributed by atoms with Gasteiger partial charge in [0, 0.05) is 11.6 Å². The molecule has 0 aliphatic heterocycles. The highest BCUT2D eigenvalue weighted by molar-refractivity contribution is 6.20. The first kappa shape index (κ1) is 22.0. The molecule has 1 aromatic carbocycles. The zero-order valence-corrected chi connectivity index (χ0v) is 18.3. The number of carbonyl (C=O) groups is 3. The normalized spacial score (nSPS) is 11.0. The Morgan fingerprint density at radius 3 is 2.30 bits per heavy atom. The number of nitrogens with zero attached hydrogens (tertiary/aromatic N) is 1. The van der Waals surface area contributed by atoms with Gasteiger partial charge in [-0.25, -0.2) is 14.4 Å². The van der Waals surface area contributed by atoms with Gasteiger partial charge in [0.1, 0.15) is 28.0 Å². The zero-order valence-electron chi connectivity index (χ0n) is 18.3. The Hall–Kier alpha value is -4.20. The number of benzene rings is 1. The van der Waals surface area contributed by atoms with Crippen LogP contribution in [0.15, 0.2) is 57.9 Å². The summed E-state index contributed by atoms with van der Waals surface area (Å²) in [6.45, 7) is 5.16. The molecule has 3 heterocycles. The van der Waals surface area contributed by atoms with Crippen LogP contribution in [0.4, 0.5) is 0 Å². The second-order valence-electron chi connectivity index (χ2n) is 7.31. The van der Waals surface area contributed by atoms with Crippen LogP contribution in [-0.4, -0.2) is 35.3 Å². The predicted molar refractivity (Wildman–Crippen MR) is 120 cm³/mol. The molecule has 4 rings (SSSR count). The quantitative estimate of drug-likeness (QED) is 0.250. The van der Waals surface area contributed by atoms with Gasteiger partial charge in [-0.3, -0.25) is 4.79 Å². The van der Waals surface area contributed by atoms with E-state index in [1.807, 2.05) is 6.92 Å². The first-order valence-electron chi connectivity index (χ1n) is 10.4. The molecule has 0 aliphatic carbocycles. The average molecular weight is 447 g/mol. The van der Waals surface area contributed by atoms with Crippen LogP contribution in [0.1, 0.15) is 56.2 Å². The van der Waals surface area contributed by atoms with Gasteiger partial charge in [0.25, 0.3) is 0 Å². The Kier molecular flexibility index (Phi) is 5.83. The van der Waals surface area contributed by atoms with Gasteiger partial charge >= 0.3 is 17.6 Å². The summed E-state index contributed by atoms with van der Waals surface area (Å²) >= 11 is 0. The Bertz CT molecular complexity index is 1480. The lowest BCUT2D eigenvalue weighted by Crippen LogP contribution is -2.20. The number of ketones is 1. The maximum absolute atomic E-state index is 13.7. The molecule has 0 N–H and O–H groups in total. The fourth-order valence-corrected chi connectivity index (χ4v) is 3.74. The lowest BCUT2D eigenvalue weighted by atomic mass is 10.0. The molecule has 0 saturated carbocycles. The number of pyridine rings is 1. The van der Waals surface area contributed by atoms with Crippen molar-refractivity contribution in [3.8, 4) is 0 Å². The maximum atomic E-state index is 13.7. The summed E-state index contributed by atoms with van der Waals surface area (Å²) in [5.41, 5.74) is -0.217. The van der Waals surface area contributed by atoms with Crippen molar-refractivity contribution in [1.29, 1.82) is 0 Å². The lowest BCUT2D eigenvalue weighted by Gasteiger charge is -2.07. The Labute approximate surface area is 188 Å². The highest BCUT2D eigenvalue weighted by Crippen LogP contribution is 2.29. The van der Waals surface area contributed by atoms with Gasteiger partial charge < -0.3 is 18.3 Å². The van der Waals surface area contributed by atoms with E-state index in [1.165, 1.54) is 10.5 Å². The van der Waals surface area contributed by atoms with Crippen molar-refractivity contribution in [3.05, 3.63) is 87.0 Å². The first-order chi connectivity index (χ1) is 15.9. The third-order valence-corrected chi connectivity index (χ3v) is 5.15. The molecule has 3 aromatic heterocycles. The van der Waals surface area contributed by atoms with E-state index in [0.29, 0.717) is 16.5 Å². The van der Waals surface area contributed by atoms with Gasteiger partial charge in [0.05, 0.1) is 18.7 Å². The summed E-state index contributed by atoms with van der Waals surface area (Å²) in [5.74, 6) is -2.41. The summed E-state index contributed by atoms with van der Waals surface area (Å²) in [5, 5.41) is 0.542. The number of aryl methyl sites for hydroxylation is 1. The molecule has 0 amide bonds. The minimum Gasteiger partial charge on any atom is -0.462 e. The summed E-state index contributed by atoms with van der Waals surface area (Å²) in [6, 6.07) is 11.6. The molecule has 0 aliphatic rings. The average Bonchev–Trinajstić information content (AvgIpc) is 3.13. The molecule has 0 unspecified atom stereocenters. The van der Waals surface area contributed by atoms with E-state index in [-0.39, 0.29) is 35.6 Å². The summed E-state index contributed by atoms with van der Waals surface area (Å²) < 4.78 is 17.1. The van der Waals surface area contributed by atoms with Crippen LogP contribution >= 0.6 is 0 Å². The number of hydrogen-bond acceptors (Lipinski definition) is 7. The number of para-hydroxylation sites is 1. The SMILES string of the molecule is CCOC(=O)c1c(C(=O)OCC)c2cc(C)ccn2c1C(=O)c1cc2ccccc2oc1=O. The fraction of sp³-hybridized carbons (Fsp3) is 0.200. The first-order valence-corrected chi connectivity index (χ1v) is 10.4. The fourth-order valence-electron chi connectivity index (χ4n) is 3.74. The molecule has 33 heavy (non-hydrogen) atoms. The van der Waals surface area contributed by atoms with Crippen LogP contribution in [0.25, 0.3) is 16.5 Å². The molecule has 0 atom stereocenters. The second kappa shape index (κ2) is 8.74. The van der Waals surface area contributed by atoms with Crippen LogP contribution in [-0.2, 0) is 9.47 Å². The van der Waals surface area contributed by atoms with Crippen LogP contribution in [0.5, 0.6) is 0 Å². The molecule has 0 bridgehead atoms. The van der Waals surface area contributed by atoms with Crippen molar-refractivity contribution in [2.75, 3.05) is 13.2 Å². The van der Waals surface area contributed by atoms with Crippen LogP contribution < -0.4 is 5.63 Å². The van der Waals surface area contributed by atoms with Crippen molar-refractivity contribution in [3.63, 3.8) is 0 Å². The van der Waals surface area contributed by atoms with Gasteiger partial charge in [-0.1, -0.05) is 18.2 Å². The number of hydrogen-bond donors (Lipinski definition) is 0. The van der Waals surface area contributed by atoms with E-state index in [0.717, 1.165) is 5.56 Å². The molecule has 0 spiro atoms. The van der Waals surface area contributed by atoms with Crippen LogP contribution in [0.3, 0.4) is 0 Å². The number of esters is 2. The van der Waals surface area contributed by atoms with Crippen molar-refractivity contribution in [2.24, 2.45) is 0 Å². The van der Waals surface area contributed by atoms with Crippen LogP contribution in [0, 0.1) is 6.92 Å². The monoisotopic (exact) mass is 447 g/mol. The van der Waals surface area contributed by atoms with E-state index in [9.17, 15) is 19.2 Å². The van der Waals surface area contributed by atoms with E-state index in [2.05, 4.69) is 0 Å². The van der Waals surface area contributed by atoms with Gasteiger partial charge in [-0.2, -0.15) is 0 Å². The number of aromatic nitrogens is 1. The van der Waals surface area contributed by atoms with Crippen molar-refractivity contribution >= 4 is 34.2 Å². The topological polar surface area (TPSA) is 104 Å². The zero-order chi connectivity index (χ0) is 23.7. The minimum absolute atomic E-state index is 0.0259. The minimum atomic E-state index is -0.865. The van der Waals surface area contributed by atoms with Crippen molar-refractivity contribution in [2.45, 2.75) is 20.8 Å². The Balaban J connectivity index is 2.06. The summed E-state index contributed by atoms with van der Waals surface area (Å²) in [6.07, 6.45) is 1.56. The second-order valence-corrected chi connectivity index (χ2v) is 7.31. The van der Waals surface area contributed by atoms with E-state index >= 15 is 0 Å². The smallest absolute Gasteiger partial charge is 0.347 e. The number of carbonyl (C=O) groups excluding carboxylic acids is 3. The van der Waals surface area contributed by atoms with Crippen molar-refractivity contribution in [1.82, 2.24) is 4.40 Å². The molecule has 8 heteroatoms. The molecule has 0 saturated heterocycles. The van der Waals surface area contributed by atoms with Gasteiger partial charge in [0.2, 0.25) is 5.78 Å². The van der Waals surface area contributed by atoms with Crippen LogP contribution in [0.2, 0.25) is 0 Å². The largest absolute Gasteiger partial charge is 0.462 e.